The molecule has 0 saturated carbocycles. The van der Waals surface area contributed by atoms with Crippen molar-refractivity contribution < 1.29 is 18.7 Å². The summed E-state index contributed by atoms with van der Waals surface area (Å²) in [6, 6.07) is 11.6. The molecular weight excluding hydrogens is 373 g/mol. The van der Waals surface area contributed by atoms with Gasteiger partial charge in [-0.3, -0.25) is 14.6 Å². The van der Waals surface area contributed by atoms with Crippen LogP contribution in [0.5, 0.6) is 11.5 Å². The van der Waals surface area contributed by atoms with Gasteiger partial charge in [0.15, 0.2) is 17.7 Å². The van der Waals surface area contributed by atoms with E-state index < -0.39 is 0 Å². The maximum absolute atomic E-state index is 12.9. The number of ether oxygens (including phenoxy) is 2. The first-order chi connectivity index (χ1) is 14.1. The van der Waals surface area contributed by atoms with Crippen LogP contribution in [0.3, 0.4) is 0 Å². The fourth-order valence-corrected chi connectivity index (χ4v) is 3.65. The van der Waals surface area contributed by atoms with Gasteiger partial charge in [0.2, 0.25) is 0 Å². The molecular formula is C22H26FN3O3. The molecule has 2 aromatic carbocycles. The lowest BCUT2D eigenvalue weighted by atomic mass is 10.2. The Morgan fingerprint density at radius 3 is 2.62 bits per heavy atom. The number of benzene rings is 2. The molecule has 2 heterocycles. The van der Waals surface area contributed by atoms with Crippen molar-refractivity contribution in [1.82, 2.24) is 15.1 Å². The molecule has 6 nitrogen and oxygen atoms in total. The van der Waals surface area contributed by atoms with Crippen molar-refractivity contribution in [2.24, 2.45) is 0 Å². The Hall–Kier alpha value is -2.64. The predicted molar refractivity (Wildman–Crippen MR) is 108 cm³/mol. The molecule has 154 valence electrons. The standard InChI is InChI=1S/C22H26FN3O3/c1-16-2-7-19-20(14-16)29-21(15-28-19)26-12-10-25(11-13-26)9-8-24-22(27)17-3-5-18(23)6-4-17/h2-7,14,21H,8-13,15H2,1H3,(H,24,27). The van der Waals surface area contributed by atoms with Crippen molar-refractivity contribution >= 4 is 5.91 Å². The minimum absolute atomic E-state index is 0.0652. The number of fused-ring (bicyclic) bond motifs is 1. The van der Waals surface area contributed by atoms with E-state index in [9.17, 15) is 9.18 Å². The SMILES string of the molecule is Cc1ccc2c(c1)OC(N1CCN(CCNC(=O)c3ccc(F)cc3)CC1)CO2. The first-order valence-corrected chi connectivity index (χ1v) is 9.99. The predicted octanol–water partition coefficient (Wildman–Crippen LogP) is 2.28. The Morgan fingerprint density at radius 2 is 1.86 bits per heavy atom. The zero-order chi connectivity index (χ0) is 20.2. The molecule has 1 N–H and O–H groups in total. The molecule has 2 aliphatic rings. The van der Waals surface area contributed by atoms with E-state index in [2.05, 4.69) is 15.1 Å². The van der Waals surface area contributed by atoms with Gasteiger partial charge in [-0.05, 0) is 48.9 Å². The minimum atomic E-state index is -0.342. The number of hydrogen-bond acceptors (Lipinski definition) is 5. The van der Waals surface area contributed by atoms with Gasteiger partial charge in [-0.25, -0.2) is 4.39 Å². The second-order valence-corrected chi connectivity index (χ2v) is 7.47. The zero-order valence-electron chi connectivity index (χ0n) is 16.6. The number of halogens is 1. The van der Waals surface area contributed by atoms with Gasteiger partial charge >= 0.3 is 0 Å². The fraction of sp³-hybridized carbons (Fsp3) is 0.409. The van der Waals surface area contributed by atoms with Crippen LogP contribution < -0.4 is 14.8 Å². The maximum atomic E-state index is 12.9. The molecule has 7 heteroatoms. The van der Waals surface area contributed by atoms with Crippen LogP contribution in [0.1, 0.15) is 15.9 Å². The van der Waals surface area contributed by atoms with E-state index in [4.69, 9.17) is 9.47 Å². The summed E-state index contributed by atoms with van der Waals surface area (Å²) in [5.74, 6) is 1.10. The van der Waals surface area contributed by atoms with Gasteiger partial charge in [0, 0.05) is 44.8 Å². The van der Waals surface area contributed by atoms with Crippen LogP contribution in [-0.4, -0.2) is 67.8 Å². The summed E-state index contributed by atoms with van der Waals surface area (Å²) in [6.07, 6.45) is -0.0652. The van der Waals surface area contributed by atoms with Crippen molar-refractivity contribution in [3.63, 3.8) is 0 Å². The third-order valence-corrected chi connectivity index (χ3v) is 5.38. The highest BCUT2D eigenvalue weighted by atomic mass is 19.1. The van der Waals surface area contributed by atoms with Crippen molar-refractivity contribution in [1.29, 1.82) is 0 Å². The maximum Gasteiger partial charge on any atom is 0.251 e. The van der Waals surface area contributed by atoms with Crippen LogP contribution >= 0.6 is 0 Å². The highest BCUT2D eigenvalue weighted by molar-refractivity contribution is 5.94. The highest BCUT2D eigenvalue weighted by Gasteiger charge is 2.29. The quantitative estimate of drug-likeness (QED) is 0.836. The van der Waals surface area contributed by atoms with Crippen molar-refractivity contribution in [3.8, 4) is 11.5 Å². The Morgan fingerprint density at radius 1 is 1.10 bits per heavy atom. The first kappa shape index (κ1) is 19.7. The largest absolute Gasteiger partial charge is 0.484 e. The molecule has 2 aliphatic heterocycles. The first-order valence-electron chi connectivity index (χ1n) is 9.99. The summed E-state index contributed by atoms with van der Waals surface area (Å²) < 4.78 is 25.0. The normalized spacial score (nSPS) is 19.7. The Balaban J connectivity index is 1.20. The number of rotatable bonds is 5. The summed E-state index contributed by atoms with van der Waals surface area (Å²) in [6.45, 7) is 7.52. The van der Waals surface area contributed by atoms with Crippen LogP contribution in [0.2, 0.25) is 0 Å². The van der Waals surface area contributed by atoms with E-state index in [1.807, 2.05) is 25.1 Å². The lowest BCUT2D eigenvalue weighted by Gasteiger charge is -2.40. The van der Waals surface area contributed by atoms with Gasteiger partial charge in [0.25, 0.3) is 5.91 Å². The average Bonchev–Trinajstić information content (AvgIpc) is 2.74. The highest BCUT2D eigenvalue weighted by Crippen LogP contribution is 2.33. The molecule has 1 saturated heterocycles. The molecule has 0 aromatic heterocycles. The minimum Gasteiger partial charge on any atom is -0.484 e. The van der Waals surface area contributed by atoms with Crippen LogP contribution in [-0.2, 0) is 0 Å². The van der Waals surface area contributed by atoms with Gasteiger partial charge in [-0.1, -0.05) is 6.07 Å². The second-order valence-electron chi connectivity index (χ2n) is 7.47. The Kier molecular flexibility index (Phi) is 5.97. The lowest BCUT2D eigenvalue weighted by Crippen LogP contribution is -2.55. The number of aryl methyl sites for hydroxylation is 1. The molecule has 0 bridgehead atoms. The molecule has 0 radical (unpaired) electrons. The number of piperazine rings is 1. The third-order valence-electron chi connectivity index (χ3n) is 5.38. The van der Waals surface area contributed by atoms with Gasteiger partial charge in [0.1, 0.15) is 12.4 Å². The summed E-state index contributed by atoms with van der Waals surface area (Å²) in [7, 11) is 0. The van der Waals surface area contributed by atoms with Crippen molar-refractivity contribution in [2.75, 3.05) is 45.9 Å². The van der Waals surface area contributed by atoms with E-state index in [1.165, 1.54) is 24.3 Å². The van der Waals surface area contributed by atoms with Crippen molar-refractivity contribution in [3.05, 3.63) is 59.4 Å². The second kappa shape index (κ2) is 8.80. The van der Waals surface area contributed by atoms with Crippen LogP contribution in [0.25, 0.3) is 0 Å². The van der Waals surface area contributed by atoms with Gasteiger partial charge in [-0.15, -0.1) is 0 Å². The van der Waals surface area contributed by atoms with Gasteiger partial charge in [-0.2, -0.15) is 0 Å². The summed E-state index contributed by atoms with van der Waals surface area (Å²) in [4.78, 5) is 16.7. The summed E-state index contributed by atoms with van der Waals surface area (Å²) >= 11 is 0. The smallest absolute Gasteiger partial charge is 0.251 e. The molecule has 1 atom stereocenters. The van der Waals surface area contributed by atoms with Crippen molar-refractivity contribution in [2.45, 2.75) is 13.2 Å². The topological polar surface area (TPSA) is 54.0 Å². The monoisotopic (exact) mass is 399 g/mol. The number of nitrogens with one attached hydrogen (secondary N) is 1. The van der Waals surface area contributed by atoms with Gasteiger partial charge < -0.3 is 14.8 Å². The number of carbonyl (C=O) groups excluding carboxylic acids is 1. The van der Waals surface area contributed by atoms with E-state index in [0.717, 1.165) is 49.8 Å². The summed E-state index contributed by atoms with van der Waals surface area (Å²) in [5.41, 5.74) is 1.63. The molecule has 1 fully saturated rings. The number of nitrogens with zero attached hydrogens (tertiary/aromatic N) is 2. The third kappa shape index (κ3) is 4.86. The number of hydrogen-bond donors (Lipinski definition) is 1. The van der Waals surface area contributed by atoms with Gasteiger partial charge in [0.05, 0.1) is 0 Å². The molecule has 2 aromatic rings. The number of carbonyl (C=O) groups is 1. The number of amides is 1. The summed E-state index contributed by atoms with van der Waals surface area (Å²) in [5, 5.41) is 2.90. The molecule has 4 rings (SSSR count). The fourth-order valence-electron chi connectivity index (χ4n) is 3.65. The zero-order valence-corrected chi connectivity index (χ0v) is 16.6. The Bertz CT molecular complexity index is 851. The lowest BCUT2D eigenvalue weighted by molar-refractivity contribution is -0.0490. The Labute approximate surface area is 170 Å². The molecule has 0 spiro atoms. The van der Waals surface area contributed by atoms with E-state index in [-0.39, 0.29) is 18.0 Å². The van der Waals surface area contributed by atoms with E-state index in [1.54, 1.807) is 0 Å². The van der Waals surface area contributed by atoms with Crippen LogP contribution in [0.15, 0.2) is 42.5 Å². The average molecular weight is 399 g/mol. The molecule has 0 aliphatic carbocycles. The van der Waals surface area contributed by atoms with Crippen LogP contribution in [0.4, 0.5) is 4.39 Å². The van der Waals surface area contributed by atoms with E-state index >= 15 is 0 Å². The van der Waals surface area contributed by atoms with Crippen LogP contribution in [0, 0.1) is 12.7 Å². The molecule has 29 heavy (non-hydrogen) atoms. The molecule has 1 unspecified atom stereocenters. The van der Waals surface area contributed by atoms with E-state index in [0.29, 0.717) is 18.7 Å². The molecule has 1 amide bonds.